The Kier molecular flexibility index (Phi) is 2.94. The molecule has 2 aromatic rings. The maximum Gasteiger partial charge on any atom is 0.332 e. The predicted octanol–water partition coefficient (Wildman–Crippen LogP) is 0.348. The van der Waals surface area contributed by atoms with Crippen LogP contribution < -0.4 is 11.2 Å². The Morgan fingerprint density at radius 1 is 1.24 bits per heavy atom. The van der Waals surface area contributed by atoms with Crippen LogP contribution in [-0.2, 0) is 26.0 Å². The molecule has 0 aliphatic rings. The molecule has 0 amide bonds. The van der Waals surface area contributed by atoms with Gasteiger partial charge in [0, 0.05) is 20.6 Å². The molecule has 0 aliphatic heterocycles. The zero-order valence-electron chi connectivity index (χ0n) is 9.90. The molecule has 0 saturated heterocycles. The average molecular weight is 301 g/mol. The summed E-state index contributed by atoms with van der Waals surface area (Å²) in [4.78, 5) is 28.1. The number of imidazole rings is 1. The Labute approximate surface area is 106 Å². The van der Waals surface area contributed by atoms with Crippen LogP contribution in [0.2, 0.25) is 0 Å². The van der Waals surface area contributed by atoms with E-state index in [1.165, 1.54) is 11.6 Å². The highest BCUT2D eigenvalue weighted by molar-refractivity contribution is 9.08. The lowest BCUT2D eigenvalue weighted by Gasteiger charge is -2.07. The summed E-state index contributed by atoms with van der Waals surface area (Å²) in [6.45, 7) is 2.62. The van der Waals surface area contributed by atoms with Crippen LogP contribution in [0.1, 0.15) is 12.7 Å². The van der Waals surface area contributed by atoms with Crippen LogP contribution in [0.4, 0.5) is 0 Å². The summed E-state index contributed by atoms with van der Waals surface area (Å²) in [7, 11) is 3.11. The number of hydrogen-bond donors (Lipinski definition) is 0. The first-order valence-electron chi connectivity index (χ1n) is 5.24. The molecular weight excluding hydrogens is 288 g/mol. The standard InChI is InChI=1S/C10H13BrN4O2/c1-4-15-6(5-11)12-7-8(15)13(2)10(17)14(3)9(7)16/h4-5H2,1-3H3. The van der Waals surface area contributed by atoms with Crippen LogP contribution in [0.15, 0.2) is 9.59 Å². The Morgan fingerprint density at radius 2 is 1.88 bits per heavy atom. The fourth-order valence-electron chi connectivity index (χ4n) is 1.97. The monoisotopic (exact) mass is 300 g/mol. The van der Waals surface area contributed by atoms with Crippen molar-refractivity contribution in [3.63, 3.8) is 0 Å². The van der Waals surface area contributed by atoms with E-state index in [4.69, 9.17) is 0 Å². The summed E-state index contributed by atoms with van der Waals surface area (Å²) >= 11 is 3.33. The van der Waals surface area contributed by atoms with Crippen molar-refractivity contribution >= 4 is 27.1 Å². The molecule has 2 heterocycles. The highest BCUT2D eigenvalue weighted by Crippen LogP contribution is 2.13. The third-order valence-corrected chi connectivity index (χ3v) is 3.36. The van der Waals surface area contributed by atoms with E-state index in [1.54, 1.807) is 7.05 Å². The van der Waals surface area contributed by atoms with Crippen LogP contribution >= 0.6 is 15.9 Å². The van der Waals surface area contributed by atoms with Crippen molar-refractivity contribution < 1.29 is 0 Å². The number of fused-ring (bicyclic) bond motifs is 1. The van der Waals surface area contributed by atoms with Gasteiger partial charge in [-0.15, -0.1) is 0 Å². The van der Waals surface area contributed by atoms with E-state index in [0.29, 0.717) is 23.0 Å². The average Bonchev–Trinajstić information content (AvgIpc) is 2.72. The molecule has 92 valence electrons. The smallest absolute Gasteiger partial charge is 0.313 e. The van der Waals surface area contributed by atoms with E-state index in [0.717, 1.165) is 10.4 Å². The van der Waals surface area contributed by atoms with Gasteiger partial charge in [0.05, 0.1) is 5.33 Å². The molecular formula is C10H13BrN4O2. The molecule has 0 fully saturated rings. The van der Waals surface area contributed by atoms with Crippen LogP contribution in [0.3, 0.4) is 0 Å². The van der Waals surface area contributed by atoms with E-state index in [1.807, 2.05) is 11.5 Å². The van der Waals surface area contributed by atoms with Gasteiger partial charge < -0.3 is 4.57 Å². The number of halogens is 1. The summed E-state index contributed by atoms with van der Waals surface area (Å²) in [5.41, 5.74) is 0.233. The van der Waals surface area contributed by atoms with Crippen molar-refractivity contribution in [2.75, 3.05) is 0 Å². The van der Waals surface area contributed by atoms with E-state index in [2.05, 4.69) is 20.9 Å². The molecule has 0 N–H and O–H groups in total. The number of hydrogen-bond acceptors (Lipinski definition) is 3. The van der Waals surface area contributed by atoms with Crippen molar-refractivity contribution in [3.8, 4) is 0 Å². The normalized spacial score (nSPS) is 11.3. The maximum absolute atomic E-state index is 12.0. The van der Waals surface area contributed by atoms with Gasteiger partial charge in [-0.2, -0.15) is 0 Å². The molecule has 0 atom stereocenters. The van der Waals surface area contributed by atoms with Crippen molar-refractivity contribution in [1.82, 2.24) is 18.7 Å². The van der Waals surface area contributed by atoms with Gasteiger partial charge in [0.15, 0.2) is 5.52 Å². The van der Waals surface area contributed by atoms with Crippen LogP contribution in [0.25, 0.3) is 11.2 Å². The molecule has 0 saturated carbocycles. The minimum Gasteiger partial charge on any atom is -0.313 e. The third kappa shape index (κ3) is 1.56. The van der Waals surface area contributed by atoms with E-state index in [-0.39, 0.29) is 11.2 Å². The summed E-state index contributed by atoms with van der Waals surface area (Å²) in [6, 6.07) is 0. The van der Waals surface area contributed by atoms with Crippen molar-refractivity contribution in [2.45, 2.75) is 18.8 Å². The lowest BCUT2D eigenvalue weighted by molar-refractivity contribution is 0.673. The lowest BCUT2D eigenvalue weighted by Crippen LogP contribution is -2.37. The van der Waals surface area contributed by atoms with Gasteiger partial charge >= 0.3 is 5.69 Å². The van der Waals surface area contributed by atoms with Crippen LogP contribution in [0, 0.1) is 0 Å². The Bertz CT molecular complexity index is 695. The highest BCUT2D eigenvalue weighted by atomic mass is 79.9. The summed E-state index contributed by atoms with van der Waals surface area (Å²) in [6.07, 6.45) is 0. The molecule has 2 rings (SSSR count). The zero-order chi connectivity index (χ0) is 12.7. The Morgan fingerprint density at radius 3 is 2.41 bits per heavy atom. The summed E-state index contributed by atoms with van der Waals surface area (Å²) in [5, 5.41) is 0.548. The SMILES string of the molecule is CCn1c(CBr)nc2c(=O)n(C)c(=O)n(C)c21. The van der Waals surface area contributed by atoms with Gasteiger partial charge in [-0.3, -0.25) is 13.9 Å². The maximum atomic E-state index is 12.0. The van der Waals surface area contributed by atoms with Gasteiger partial charge in [-0.25, -0.2) is 9.78 Å². The second-order valence-corrected chi connectivity index (χ2v) is 4.34. The number of rotatable bonds is 2. The molecule has 17 heavy (non-hydrogen) atoms. The molecule has 0 aromatic carbocycles. The zero-order valence-corrected chi connectivity index (χ0v) is 11.5. The van der Waals surface area contributed by atoms with Crippen LogP contribution in [-0.4, -0.2) is 18.7 Å². The Hall–Kier alpha value is -1.37. The summed E-state index contributed by atoms with van der Waals surface area (Å²) in [5.74, 6) is 0.751. The van der Waals surface area contributed by atoms with Crippen LogP contribution in [0.5, 0.6) is 0 Å². The number of aryl methyl sites for hydroxylation is 2. The van der Waals surface area contributed by atoms with Gasteiger partial charge in [-0.05, 0) is 6.92 Å². The van der Waals surface area contributed by atoms with Gasteiger partial charge in [0.1, 0.15) is 11.5 Å². The molecule has 0 unspecified atom stereocenters. The van der Waals surface area contributed by atoms with Gasteiger partial charge in [-0.1, -0.05) is 15.9 Å². The van der Waals surface area contributed by atoms with Crippen molar-refractivity contribution in [2.24, 2.45) is 14.1 Å². The second-order valence-electron chi connectivity index (χ2n) is 3.78. The molecule has 0 radical (unpaired) electrons. The summed E-state index contributed by atoms with van der Waals surface area (Å²) < 4.78 is 4.40. The molecule has 0 bridgehead atoms. The first-order valence-corrected chi connectivity index (χ1v) is 6.36. The van der Waals surface area contributed by atoms with Crippen molar-refractivity contribution in [3.05, 3.63) is 26.7 Å². The molecule has 6 nitrogen and oxygen atoms in total. The third-order valence-electron chi connectivity index (χ3n) is 2.85. The van der Waals surface area contributed by atoms with E-state index >= 15 is 0 Å². The Balaban J connectivity index is 3.09. The quantitative estimate of drug-likeness (QED) is 0.752. The predicted molar refractivity (Wildman–Crippen MR) is 68.5 cm³/mol. The lowest BCUT2D eigenvalue weighted by atomic mass is 10.5. The first kappa shape index (κ1) is 12.1. The van der Waals surface area contributed by atoms with E-state index < -0.39 is 0 Å². The molecule has 2 aromatic heterocycles. The van der Waals surface area contributed by atoms with Gasteiger partial charge in [0.25, 0.3) is 5.56 Å². The number of alkyl halides is 1. The highest BCUT2D eigenvalue weighted by Gasteiger charge is 2.16. The van der Waals surface area contributed by atoms with Crippen molar-refractivity contribution in [1.29, 1.82) is 0 Å². The minimum absolute atomic E-state index is 0.335. The minimum atomic E-state index is -0.350. The fourth-order valence-corrected chi connectivity index (χ4v) is 2.40. The largest absolute Gasteiger partial charge is 0.332 e. The molecule has 0 spiro atoms. The van der Waals surface area contributed by atoms with Gasteiger partial charge in [0.2, 0.25) is 0 Å². The molecule has 7 heteroatoms. The topological polar surface area (TPSA) is 61.8 Å². The number of aromatic nitrogens is 4. The number of nitrogens with zero attached hydrogens (tertiary/aromatic N) is 4. The van der Waals surface area contributed by atoms with E-state index in [9.17, 15) is 9.59 Å². The molecule has 0 aliphatic carbocycles. The second kappa shape index (κ2) is 4.14. The fraction of sp³-hybridized carbons (Fsp3) is 0.500. The first-order chi connectivity index (χ1) is 8.02.